The first-order valence-electron chi connectivity index (χ1n) is 6.82. The summed E-state index contributed by atoms with van der Waals surface area (Å²) in [6.45, 7) is 4.88. The van der Waals surface area contributed by atoms with Crippen molar-refractivity contribution in [3.8, 4) is 18.2 Å². The summed E-state index contributed by atoms with van der Waals surface area (Å²) in [4.78, 5) is 14.0. The van der Waals surface area contributed by atoms with Gasteiger partial charge < -0.3 is 10.2 Å². The summed E-state index contributed by atoms with van der Waals surface area (Å²) in [5.74, 6) is -0.169. The highest BCUT2D eigenvalue weighted by Gasteiger charge is 2.15. The number of nitriles is 3. The number of carbonyl (C=O) groups excluding carboxylic acids is 1. The molecule has 0 aliphatic rings. The number of hydrogen-bond donors (Lipinski definition) is 1. The molecule has 0 aromatic heterocycles. The van der Waals surface area contributed by atoms with Crippen molar-refractivity contribution in [1.29, 1.82) is 15.8 Å². The maximum atomic E-state index is 12.3. The predicted molar refractivity (Wildman–Crippen MR) is 86.2 cm³/mol. The van der Waals surface area contributed by atoms with Gasteiger partial charge in [0, 0.05) is 18.7 Å². The zero-order chi connectivity index (χ0) is 17.4. The van der Waals surface area contributed by atoms with Crippen molar-refractivity contribution in [2.45, 2.75) is 13.8 Å². The van der Waals surface area contributed by atoms with E-state index < -0.39 is 0 Å². The van der Waals surface area contributed by atoms with Crippen LogP contribution < -0.4 is 5.32 Å². The lowest BCUT2D eigenvalue weighted by Crippen LogP contribution is -2.30. The number of halogens is 1. The quantitative estimate of drug-likeness (QED) is 0.837. The highest BCUT2D eigenvalue weighted by molar-refractivity contribution is 6.33. The van der Waals surface area contributed by atoms with Gasteiger partial charge in [-0.05, 0) is 32.0 Å². The molecule has 0 radical (unpaired) electrons. The SMILES string of the molecule is CCN(CC)C(=O)c1ccc(Cl)c(NC(C#N)=C(C#N)C#N)c1. The number of amides is 1. The lowest BCUT2D eigenvalue weighted by molar-refractivity contribution is 0.0773. The van der Waals surface area contributed by atoms with Gasteiger partial charge in [0.15, 0.2) is 5.57 Å². The first kappa shape index (κ1) is 18.0. The fourth-order valence-electron chi connectivity index (χ4n) is 1.87. The van der Waals surface area contributed by atoms with Crippen LogP contribution in [0, 0.1) is 34.0 Å². The summed E-state index contributed by atoms with van der Waals surface area (Å²) in [7, 11) is 0. The predicted octanol–water partition coefficient (Wildman–Crippen LogP) is 3.06. The normalized spacial score (nSPS) is 9.04. The van der Waals surface area contributed by atoms with E-state index in [1.54, 1.807) is 29.2 Å². The summed E-state index contributed by atoms with van der Waals surface area (Å²) >= 11 is 6.06. The molecule has 0 spiro atoms. The van der Waals surface area contributed by atoms with Crippen LogP contribution in [0.4, 0.5) is 5.69 Å². The average molecular weight is 328 g/mol. The van der Waals surface area contributed by atoms with E-state index >= 15 is 0 Å². The van der Waals surface area contributed by atoms with Crippen LogP contribution in [-0.2, 0) is 0 Å². The first-order chi connectivity index (χ1) is 11.0. The van der Waals surface area contributed by atoms with Gasteiger partial charge in [0.2, 0.25) is 0 Å². The number of rotatable bonds is 5. The molecule has 6 nitrogen and oxygen atoms in total. The Bertz CT molecular complexity index is 744. The summed E-state index contributed by atoms with van der Waals surface area (Å²) in [6, 6.07) is 9.60. The fraction of sp³-hybridized carbons (Fsp3) is 0.250. The molecule has 7 heteroatoms. The minimum atomic E-state index is -0.357. The zero-order valence-corrected chi connectivity index (χ0v) is 13.5. The third kappa shape index (κ3) is 4.23. The molecule has 0 bridgehead atoms. The van der Waals surface area contributed by atoms with E-state index in [4.69, 9.17) is 27.4 Å². The Kier molecular flexibility index (Phi) is 6.62. The number of allylic oxidation sites excluding steroid dienone is 2. The molecule has 1 N–H and O–H groups in total. The van der Waals surface area contributed by atoms with Gasteiger partial charge in [0.25, 0.3) is 5.91 Å². The van der Waals surface area contributed by atoms with Crippen molar-refractivity contribution in [2.75, 3.05) is 18.4 Å². The largest absolute Gasteiger partial charge is 0.344 e. The van der Waals surface area contributed by atoms with E-state index in [2.05, 4.69) is 5.32 Å². The molecule has 0 unspecified atom stereocenters. The Morgan fingerprint density at radius 2 is 1.78 bits per heavy atom. The molecule has 1 aromatic carbocycles. The Hall–Kier alpha value is -3.01. The van der Waals surface area contributed by atoms with Crippen LogP contribution in [0.2, 0.25) is 5.02 Å². The van der Waals surface area contributed by atoms with Gasteiger partial charge in [-0.3, -0.25) is 4.79 Å². The van der Waals surface area contributed by atoms with Crippen LogP contribution in [0.15, 0.2) is 29.5 Å². The lowest BCUT2D eigenvalue weighted by Gasteiger charge is -2.19. The second kappa shape index (κ2) is 8.44. The minimum Gasteiger partial charge on any atom is -0.344 e. The van der Waals surface area contributed by atoms with Gasteiger partial charge in [-0.25, -0.2) is 0 Å². The monoisotopic (exact) mass is 327 g/mol. The van der Waals surface area contributed by atoms with Gasteiger partial charge >= 0.3 is 0 Å². The van der Waals surface area contributed by atoms with Gasteiger partial charge in [-0.15, -0.1) is 0 Å². The van der Waals surface area contributed by atoms with Gasteiger partial charge in [-0.2, -0.15) is 15.8 Å². The van der Waals surface area contributed by atoms with Crippen LogP contribution >= 0.6 is 11.6 Å². The molecule has 1 aromatic rings. The third-order valence-electron chi connectivity index (χ3n) is 3.11. The van der Waals surface area contributed by atoms with Crippen molar-refractivity contribution < 1.29 is 4.79 Å². The summed E-state index contributed by atoms with van der Waals surface area (Å²) in [6.07, 6.45) is 0. The molecule has 23 heavy (non-hydrogen) atoms. The van der Waals surface area contributed by atoms with Crippen molar-refractivity contribution >= 4 is 23.2 Å². The van der Waals surface area contributed by atoms with Gasteiger partial charge in [0.05, 0.1) is 10.7 Å². The van der Waals surface area contributed by atoms with Crippen LogP contribution in [-0.4, -0.2) is 23.9 Å². The number of hydrogen-bond acceptors (Lipinski definition) is 5. The molecular weight excluding hydrogens is 314 g/mol. The number of benzene rings is 1. The van der Waals surface area contributed by atoms with Crippen molar-refractivity contribution in [3.05, 3.63) is 40.1 Å². The third-order valence-corrected chi connectivity index (χ3v) is 3.44. The Morgan fingerprint density at radius 3 is 2.26 bits per heavy atom. The van der Waals surface area contributed by atoms with Crippen LogP contribution in [0.3, 0.4) is 0 Å². The van der Waals surface area contributed by atoms with Crippen molar-refractivity contribution in [1.82, 2.24) is 4.90 Å². The first-order valence-corrected chi connectivity index (χ1v) is 7.20. The molecule has 0 saturated carbocycles. The summed E-state index contributed by atoms with van der Waals surface area (Å²) in [5, 5.41) is 29.6. The molecule has 1 rings (SSSR count). The Labute approximate surface area is 139 Å². The van der Waals surface area contributed by atoms with Crippen LogP contribution in [0.25, 0.3) is 0 Å². The second-order valence-electron chi connectivity index (χ2n) is 4.38. The molecule has 116 valence electrons. The molecule has 0 saturated heterocycles. The fourth-order valence-corrected chi connectivity index (χ4v) is 2.03. The van der Waals surface area contributed by atoms with Crippen LogP contribution in [0.5, 0.6) is 0 Å². The maximum Gasteiger partial charge on any atom is 0.253 e. The minimum absolute atomic E-state index is 0.169. The molecule has 0 atom stereocenters. The van der Waals surface area contributed by atoms with E-state index in [9.17, 15) is 4.79 Å². The number of anilines is 1. The highest BCUT2D eigenvalue weighted by Crippen LogP contribution is 2.25. The average Bonchev–Trinajstić information content (AvgIpc) is 2.57. The number of nitrogens with zero attached hydrogens (tertiary/aromatic N) is 4. The van der Waals surface area contributed by atoms with Crippen molar-refractivity contribution in [2.24, 2.45) is 0 Å². The summed E-state index contributed by atoms with van der Waals surface area (Å²) in [5.41, 5.74) is 0.103. The van der Waals surface area contributed by atoms with E-state index in [0.29, 0.717) is 18.7 Å². The van der Waals surface area contributed by atoms with E-state index in [-0.39, 0.29) is 27.9 Å². The molecule has 1 amide bonds. The molecule has 0 heterocycles. The molecule has 0 aliphatic heterocycles. The summed E-state index contributed by atoms with van der Waals surface area (Å²) < 4.78 is 0. The van der Waals surface area contributed by atoms with Crippen molar-refractivity contribution in [3.63, 3.8) is 0 Å². The van der Waals surface area contributed by atoms with E-state index in [1.807, 2.05) is 13.8 Å². The zero-order valence-electron chi connectivity index (χ0n) is 12.7. The smallest absolute Gasteiger partial charge is 0.253 e. The standard InChI is InChI=1S/C16H14ClN5O/c1-3-22(4-2)16(23)11-5-6-13(17)14(7-11)21-15(10-20)12(8-18)9-19/h5-7,21H,3-4H2,1-2H3. The maximum absolute atomic E-state index is 12.3. The van der Waals surface area contributed by atoms with Gasteiger partial charge in [0.1, 0.15) is 23.9 Å². The number of nitrogens with one attached hydrogen (secondary N) is 1. The van der Waals surface area contributed by atoms with Crippen LogP contribution in [0.1, 0.15) is 24.2 Å². The molecular formula is C16H14ClN5O. The topological polar surface area (TPSA) is 104 Å². The van der Waals surface area contributed by atoms with Gasteiger partial charge in [-0.1, -0.05) is 11.6 Å². The Morgan fingerprint density at radius 1 is 1.17 bits per heavy atom. The lowest BCUT2D eigenvalue weighted by atomic mass is 10.1. The van der Waals surface area contributed by atoms with E-state index in [0.717, 1.165) is 0 Å². The number of carbonyl (C=O) groups is 1. The second-order valence-corrected chi connectivity index (χ2v) is 4.79. The van der Waals surface area contributed by atoms with E-state index in [1.165, 1.54) is 12.1 Å². The molecule has 0 fully saturated rings. The Balaban J connectivity index is 3.26. The molecule has 0 aliphatic carbocycles. The highest BCUT2D eigenvalue weighted by atomic mass is 35.5.